The number of likely N-dealkylation sites (tertiary alicyclic amines) is 1. The molecule has 1 aliphatic carbocycles. The fourth-order valence-corrected chi connectivity index (χ4v) is 4.19. The van der Waals surface area contributed by atoms with Crippen LogP contribution >= 0.6 is 0 Å². The SMILES string of the molecule is Cc1cc(/C=C/C(=O)OCC(=O)N2[C@H](C)CCC[C@@H]2C)c(C)n1C1CC1. The smallest absolute Gasteiger partial charge is 0.331 e. The monoisotopic (exact) mass is 358 g/mol. The maximum Gasteiger partial charge on any atom is 0.331 e. The lowest BCUT2D eigenvalue weighted by Crippen LogP contribution is -2.49. The molecule has 1 amide bonds. The summed E-state index contributed by atoms with van der Waals surface area (Å²) >= 11 is 0. The fourth-order valence-electron chi connectivity index (χ4n) is 4.19. The van der Waals surface area contributed by atoms with Crippen LogP contribution in [0.5, 0.6) is 0 Å². The van der Waals surface area contributed by atoms with Gasteiger partial charge in [-0.25, -0.2) is 4.79 Å². The number of ether oxygens (including phenoxy) is 1. The standard InChI is InChI=1S/C21H30N2O3/c1-14-6-5-7-15(2)22(14)20(24)13-26-21(25)11-8-18-12-16(3)23(17(18)4)19-9-10-19/h8,11-12,14-15,19H,5-7,9-10,13H2,1-4H3/b11-8+/t14-,15+. The highest BCUT2D eigenvalue weighted by Gasteiger charge is 2.29. The summed E-state index contributed by atoms with van der Waals surface area (Å²) in [6.45, 7) is 8.12. The van der Waals surface area contributed by atoms with Gasteiger partial charge < -0.3 is 14.2 Å². The van der Waals surface area contributed by atoms with Crippen molar-refractivity contribution < 1.29 is 14.3 Å². The summed E-state index contributed by atoms with van der Waals surface area (Å²) in [5.74, 6) is -0.565. The molecular weight excluding hydrogens is 328 g/mol. The molecule has 2 atom stereocenters. The van der Waals surface area contributed by atoms with Crippen LogP contribution in [0.1, 0.15) is 68.9 Å². The average Bonchev–Trinajstić information content (AvgIpc) is 3.37. The number of piperidine rings is 1. The van der Waals surface area contributed by atoms with Crippen LogP contribution in [0.15, 0.2) is 12.1 Å². The van der Waals surface area contributed by atoms with Crippen LogP contribution < -0.4 is 0 Å². The van der Waals surface area contributed by atoms with Crippen molar-refractivity contribution in [3.05, 3.63) is 29.1 Å². The molecule has 2 aliphatic rings. The molecule has 1 aliphatic heterocycles. The molecule has 0 aromatic carbocycles. The maximum atomic E-state index is 12.4. The second-order valence-corrected chi connectivity index (χ2v) is 7.80. The summed E-state index contributed by atoms with van der Waals surface area (Å²) in [5.41, 5.74) is 3.44. The minimum atomic E-state index is -0.466. The van der Waals surface area contributed by atoms with Crippen molar-refractivity contribution in [2.75, 3.05) is 6.61 Å². The van der Waals surface area contributed by atoms with Gasteiger partial charge in [-0.3, -0.25) is 4.79 Å². The summed E-state index contributed by atoms with van der Waals surface area (Å²) in [4.78, 5) is 26.3. The molecule has 3 rings (SSSR count). The number of aryl methyl sites for hydroxylation is 1. The zero-order valence-electron chi connectivity index (χ0n) is 16.3. The van der Waals surface area contributed by atoms with E-state index in [9.17, 15) is 9.59 Å². The van der Waals surface area contributed by atoms with Crippen LogP contribution in [-0.4, -0.2) is 40.0 Å². The van der Waals surface area contributed by atoms with Gasteiger partial charge in [-0.15, -0.1) is 0 Å². The molecule has 2 heterocycles. The average molecular weight is 358 g/mol. The number of rotatable bonds is 5. The Morgan fingerprint density at radius 2 is 1.81 bits per heavy atom. The highest BCUT2D eigenvalue weighted by atomic mass is 16.5. The Morgan fingerprint density at radius 3 is 2.42 bits per heavy atom. The minimum absolute atomic E-state index is 0.0987. The minimum Gasteiger partial charge on any atom is -0.452 e. The van der Waals surface area contributed by atoms with E-state index in [1.165, 1.54) is 30.3 Å². The van der Waals surface area contributed by atoms with Gasteiger partial charge >= 0.3 is 5.97 Å². The normalized spacial score (nSPS) is 23.5. The molecule has 5 heteroatoms. The van der Waals surface area contributed by atoms with Gasteiger partial charge in [0.25, 0.3) is 5.91 Å². The van der Waals surface area contributed by atoms with Crippen molar-refractivity contribution >= 4 is 18.0 Å². The Balaban J connectivity index is 1.55. The Bertz CT molecular complexity index is 705. The molecule has 142 valence electrons. The predicted molar refractivity (Wildman–Crippen MR) is 102 cm³/mol. The number of amides is 1. The van der Waals surface area contributed by atoms with Crippen LogP contribution in [0, 0.1) is 13.8 Å². The number of aromatic nitrogens is 1. The van der Waals surface area contributed by atoms with E-state index in [4.69, 9.17) is 4.74 Å². The molecule has 0 unspecified atom stereocenters. The second-order valence-electron chi connectivity index (χ2n) is 7.80. The zero-order chi connectivity index (χ0) is 18.8. The van der Waals surface area contributed by atoms with Gasteiger partial charge in [-0.05, 0) is 77.5 Å². The summed E-state index contributed by atoms with van der Waals surface area (Å²) in [7, 11) is 0. The number of carbonyl (C=O) groups excluding carboxylic acids is 2. The maximum absolute atomic E-state index is 12.4. The number of nitrogens with zero attached hydrogens (tertiary/aromatic N) is 2. The lowest BCUT2D eigenvalue weighted by Gasteiger charge is -2.38. The Labute approximate surface area is 156 Å². The number of hydrogen-bond acceptors (Lipinski definition) is 3. The van der Waals surface area contributed by atoms with Gasteiger partial charge in [0.2, 0.25) is 0 Å². The van der Waals surface area contributed by atoms with E-state index < -0.39 is 5.97 Å². The van der Waals surface area contributed by atoms with Crippen LogP contribution in [-0.2, 0) is 14.3 Å². The molecule has 0 bridgehead atoms. The summed E-state index contributed by atoms with van der Waals surface area (Å²) in [5, 5.41) is 0. The fraction of sp³-hybridized carbons (Fsp3) is 0.619. The first-order chi connectivity index (χ1) is 12.4. The topological polar surface area (TPSA) is 51.5 Å². The van der Waals surface area contributed by atoms with Crippen molar-refractivity contribution in [1.29, 1.82) is 0 Å². The lowest BCUT2D eigenvalue weighted by atomic mass is 9.97. The predicted octanol–water partition coefficient (Wildman–Crippen LogP) is 3.79. The van der Waals surface area contributed by atoms with E-state index in [0.29, 0.717) is 6.04 Å². The molecule has 0 N–H and O–H groups in total. The third kappa shape index (κ3) is 4.02. The quantitative estimate of drug-likeness (QED) is 0.594. The van der Waals surface area contributed by atoms with Gasteiger partial charge in [0, 0.05) is 35.6 Å². The Kier molecular flexibility index (Phi) is 5.54. The highest BCUT2D eigenvalue weighted by molar-refractivity contribution is 5.89. The third-order valence-electron chi connectivity index (χ3n) is 5.65. The van der Waals surface area contributed by atoms with E-state index in [1.54, 1.807) is 6.08 Å². The van der Waals surface area contributed by atoms with E-state index in [1.807, 2.05) is 4.90 Å². The van der Waals surface area contributed by atoms with E-state index in [2.05, 4.69) is 38.3 Å². The molecule has 2 fully saturated rings. The zero-order valence-corrected chi connectivity index (χ0v) is 16.3. The number of carbonyl (C=O) groups is 2. The first kappa shape index (κ1) is 18.7. The summed E-state index contributed by atoms with van der Waals surface area (Å²) in [6, 6.07) is 3.15. The molecule has 0 radical (unpaired) electrons. The lowest BCUT2D eigenvalue weighted by molar-refractivity contribution is -0.151. The largest absolute Gasteiger partial charge is 0.452 e. The molecule has 1 aromatic rings. The molecular formula is C21H30N2O3. The van der Waals surface area contributed by atoms with E-state index >= 15 is 0 Å². The van der Waals surface area contributed by atoms with Crippen LogP contribution in [0.4, 0.5) is 0 Å². The number of hydrogen-bond donors (Lipinski definition) is 0. The molecule has 1 aromatic heterocycles. The van der Waals surface area contributed by atoms with Gasteiger partial charge in [0.1, 0.15) is 0 Å². The van der Waals surface area contributed by atoms with E-state index in [-0.39, 0.29) is 24.6 Å². The highest BCUT2D eigenvalue weighted by Crippen LogP contribution is 2.38. The first-order valence-corrected chi connectivity index (χ1v) is 9.73. The van der Waals surface area contributed by atoms with Gasteiger partial charge in [-0.1, -0.05) is 0 Å². The third-order valence-corrected chi connectivity index (χ3v) is 5.65. The summed E-state index contributed by atoms with van der Waals surface area (Å²) < 4.78 is 7.53. The first-order valence-electron chi connectivity index (χ1n) is 9.73. The van der Waals surface area contributed by atoms with Crippen LogP contribution in [0.2, 0.25) is 0 Å². The van der Waals surface area contributed by atoms with Gasteiger partial charge in [-0.2, -0.15) is 0 Å². The Hall–Kier alpha value is -2.04. The molecule has 1 saturated heterocycles. The van der Waals surface area contributed by atoms with Crippen molar-refractivity contribution in [1.82, 2.24) is 9.47 Å². The van der Waals surface area contributed by atoms with Crippen molar-refractivity contribution in [2.24, 2.45) is 0 Å². The van der Waals surface area contributed by atoms with Gasteiger partial charge in [0.15, 0.2) is 6.61 Å². The van der Waals surface area contributed by atoms with Crippen LogP contribution in [0.3, 0.4) is 0 Å². The molecule has 1 saturated carbocycles. The number of esters is 1. The molecule has 26 heavy (non-hydrogen) atoms. The van der Waals surface area contributed by atoms with Crippen molar-refractivity contribution in [3.8, 4) is 0 Å². The Morgan fingerprint density at radius 1 is 1.15 bits per heavy atom. The molecule has 0 spiro atoms. The van der Waals surface area contributed by atoms with E-state index in [0.717, 1.165) is 24.8 Å². The van der Waals surface area contributed by atoms with Gasteiger partial charge in [0.05, 0.1) is 0 Å². The summed E-state index contributed by atoms with van der Waals surface area (Å²) in [6.07, 6.45) is 8.86. The van der Waals surface area contributed by atoms with Crippen LogP contribution in [0.25, 0.3) is 6.08 Å². The van der Waals surface area contributed by atoms with Crippen molar-refractivity contribution in [2.45, 2.75) is 77.9 Å². The van der Waals surface area contributed by atoms with Crippen molar-refractivity contribution in [3.63, 3.8) is 0 Å². The molecule has 5 nitrogen and oxygen atoms in total. The second kappa shape index (κ2) is 7.68.